The molecule has 110 valence electrons. The van der Waals surface area contributed by atoms with Gasteiger partial charge in [-0.3, -0.25) is 0 Å². The van der Waals surface area contributed by atoms with Crippen molar-refractivity contribution in [3.63, 3.8) is 0 Å². The summed E-state index contributed by atoms with van der Waals surface area (Å²) in [6.07, 6.45) is 3.02. The van der Waals surface area contributed by atoms with Gasteiger partial charge in [-0.15, -0.1) is 0 Å². The Bertz CT molecular complexity index is 442. The first-order valence-corrected chi connectivity index (χ1v) is 7.40. The quantitative estimate of drug-likeness (QED) is 0.923. The summed E-state index contributed by atoms with van der Waals surface area (Å²) in [4.78, 5) is 0. The number of rotatable bonds is 3. The lowest BCUT2D eigenvalue weighted by molar-refractivity contribution is -0.0902. The Morgan fingerprint density at radius 2 is 2.10 bits per heavy atom. The average molecular weight is 279 g/mol. The molecule has 0 aliphatic carbocycles. The van der Waals surface area contributed by atoms with Crippen LogP contribution in [-0.4, -0.2) is 31.5 Å². The van der Waals surface area contributed by atoms with Crippen molar-refractivity contribution in [1.82, 2.24) is 5.32 Å². The van der Waals surface area contributed by atoms with Crippen LogP contribution in [0.2, 0.25) is 0 Å². The van der Waals surface area contributed by atoms with Crippen molar-refractivity contribution in [2.24, 2.45) is 0 Å². The molecule has 1 aromatic carbocycles. The molecule has 0 radical (unpaired) electrons. The zero-order valence-electron chi connectivity index (χ0n) is 11.9. The van der Waals surface area contributed by atoms with Crippen LogP contribution in [0.3, 0.4) is 0 Å². The average Bonchev–Trinajstić information content (AvgIpc) is 2.87. The number of halogens is 1. The SMILES string of the molecule is C[C@@H](NC1CCOC2(CCOC2)C1)c1ccc(F)cc1. The van der Waals surface area contributed by atoms with Crippen LogP contribution >= 0.6 is 0 Å². The van der Waals surface area contributed by atoms with Gasteiger partial charge < -0.3 is 14.8 Å². The van der Waals surface area contributed by atoms with Gasteiger partial charge in [0.1, 0.15) is 5.82 Å². The van der Waals surface area contributed by atoms with Crippen molar-refractivity contribution in [3.8, 4) is 0 Å². The molecule has 2 aliphatic rings. The lowest BCUT2D eigenvalue weighted by atomic mass is 9.89. The van der Waals surface area contributed by atoms with Gasteiger partial charge >= 0.3 is 0 Å². The molecule has 2 fully saturated rings. The lowest BCUT2D eigenvalue weighted by Crippen LogP contribution is -2.48. The molecule has 2 heterocycles. The molecule has 0 bridgehead atoms. The summed E-state index contributed by atoms with van der Waals surface area (Å²) in [5, 5.41) is 3.65. The van der Waals surface area contributed by atoms with Gasteiger partial charge in [-0.2, -0.15) is 0 Å². The second kappa shape index (κ2) is 5.80. The minimum absolute atomic E-state index is 0.0710. The molecular formula is C16H22FNO2. The second-order valence-electron chi connectivity index (χ2n) is 5.96. The fourth-order valence-corrected chi connectivity index (χ4v) is 3.23. The highest BCUT2D eigenvalue weighted by Crippen LogP contribution is 2.33. The van der Waals surface area contributed by atoms with Crippen LogP contribution < -0.4 is 5.32 Å². The predicted octanol–water partition coefficient (Wildman–Crippen LogP) is 2.81. The summed E-state index contributed by atoms with van der Waals surface area (Å²) in [5.74, 6) is -0.186. The first-order chi connectivity index (χ1) is 9.67. The number of hydrogen-bond donors (Lipinski definition) is 1. The molecule has 0 aromatic heterocycles. The molecule has 2 unspecified atom stereocenters. The fourth-order valence-electron chi connectivity index (χ4n) is 3.23. The Morgan fingerprint density at radius 3 is 2.80 bits per heavy atom. The van der Waals surface area contributed by atoms with E-state index >= 15 is 0 Å². The van der Waals surface area contributed by atoms with E-state index in [1.165, 1.54) is 12.1 Å². The van der Waals surface area contributed by atoms with Crippen molar-refractivity contribution in [1.29, 1.82) is 0 Å². The van der Waals surface area contributed by atoms with Crippen molar-refractivity contribution in [3.05, 3.63) is 35.6 Å². The number of nitrogens with one attached hydrogen (secondary N) is 1. The van der Waals surface area contributed by atoms with Gasteiger partial charge in [-0.1, -0.05) is 12.1 Å². The maximum atomic E-state index is 13.0. The first kappa shape index (κ1) is 14.0. The molecule has 0 saturated carbocycles. The van der Waals surface area contributed by atoms with Crippen molar-refractivity contribution in [2.75, 3.05) is 19.8 Å². The standard InChI is InChI=1S/C16H22FNO2/c1-12(13-2-4-14(17)5-3-13)18-15-6-8-20-16(10-15)7-9-19-11-16/h2-5,12,15,18H,6-11H2,1H3/t12-,15?,16?/m1/s1. The van der Waals surface area contributed by atoms with E-state index in [1.54, 1.807) is 0 Å². The van der Waals surface area contributed by atoms with Crippen molar-refractivity contribution in [2.45, 2.75) is 43.9 Å². The summed E-state index contributed by atoms with van der Waals surface area (Å²) in [7, 11) is 0. The number of hydrogen-bond acceptors (Lipinski definition) is 3. The predicted molar refractivity (Wildman–Crippen MR) is 75.1 cm³/mol. The van der Waals surface area contributed by atoms with Crippen molar-refractivity contribution >= 4 is 0 Å². The van der Waals surface area contributed by atoms with E-state index in [-0.39, 0.29) is 17.5 Å². The Hall–Kier alpha value is -0.970. The van der Waals surface area contributed by atoms with E-state index in [0.717, 1.165) is 44.6 Å². The minimum atomic E-state index is -0.186. The van der Waals surface area contributed by atoms with E-state index in [9.17, 15) is 4.39 Å². The molecular weight excluding hydrogens is 257 g/mol. The summed E-state index contributed by atoms with van der Waals surface area (Å²) >= 11 is 0. The van der Waals surface area contributed by atoms with Crippen LogP contribution in [0.15, 0.2) is 24.3 Å². The molecule has 2 saturated heterocycles. The van der Waals surface area contributed by atoms with E-state index in [0.29, 0.717) is 6.04 Å². The highest BCUT2D eigenvalue weighted by atomic mass is 19.1. The van der Waals surface area contributed by atoms with Gasteiger partial charge in [0, 0.05) is 31.7 Å². The smallest absolute Gasteiger partial charge is 0.123 e. The van der Waals surface area contributed by atoms with E-state index in [2.05, 4.69) is 12.2 Å². The van der Waals surface area contributed by atoms with Gasteiger partial charge in [-0.25, -0.2) is 4.39 Å². The monoisotopic (exact) mass is 279 g/mol. The van der Waals surface area contributed by atoms with Gasteiger partial charge in [-0.05, 0) is 37.5 Å². The Labute approximate surface area is 119 Å². The minimum Gasteiger partial charge on any atom is -0.378 e. The summed E-state index contributed by atoms with van der Waals surface area (Å²) in [5.41, 5.74) is 1.05. The molecule has 20 heavy (non-hydrogen) atoms. The second-order valence-corrected chi connectivity index (χ2v) is 5.96. The zero-order valence-corrected chi connectivity index (χ0v) is 11.9. The topological polar surface area (TPSA) is 30.5 Å². The molecule has 1 aromatic rings. The molecule has 1 spiro atoms. The van der Waals surface area contributed by atoms with E-state index < -0.39 is 0 Å². The van der Waals surface area contributed by atoms with Gasteiger partial charge in [0.25, 0.3) is 0 Å². The maximum Gasteiger partial charge on any atom is 0.123 e. The first-order valence-electron chi connectivity index (χ1n) is 7.40. The van der Waals surface area contributed by atoms with Crippen LogP contribution in [0.5, 0.6) is 0 Å². The molecule has 2 aliphatic heterocycles. The largest absolute Gasteiger partial charge is 0.378 e. The fraction of sp³-hybridized carbons (Fsp3) is 0.625. The maximum absolute atomic E-state index is 13.0. The number of benzene rings is 1. The normalized spacial score (nSPS) is 31.6. The Morgan fingerprint density at radius 1 is 1.30 bits per heavy atom. The Balaban J connectivity index is 1.60. The molecule has 4 heteroatoms. The summed E-state index contributed by atoms with van der Waals surface area (Å²) in [6.45, 7) is 4.44. The van der Waals surface area contributed by atoms with Crippen LogP contribution in [0.1, 0.15) is 37.8 Å². The highest BCUT2D eigenvalue weighted by Gasteiger charge is 2.41. The van der Waals surface area contributed by atoms with Crippen molar-refractivity contribution < 1.29 is 13.9 Å². The van der Waals surface area contributed by atoms with Crippen LogP contribution in [0.4, 0.5) is 4.39 Å². The van der Waals surface area contributed by atoms with Crippen LogP contribution in [0, 0.1) is 5.82 Å². The molecule has 0 amide bonds. The third kappa shape index (κ3) is 3.03. The molecule has 1 N–H and O–H groups in total. The van der Waals surface area contributed by atoms with Gasteiger partial charge in [0.2, 0.25) is 0 Å². The highest BCUT2D eigenvalue weighted by molar-refractivity contribution is 5.19. The molecule has 3 nitrogen and oxygen atoms in total. The third-order valence-electron chi connectivity index (χ3n) is 4.42. The van der Waals surface area contributed by atoms with Gasteiger partial charge in [0.15, 0.2) is 0 Å². The lowest BCUT2D eigenvalue weighted by Gasteiger charge is -2.38. The van der Waals surface area contributed by atoms with Gasteiger partial charge in [0.05, 0.1) is 12.2 Å². The number of ether oxygens (including phenoxy) is 2. The van der Waals surface area contributed by atoms with E-state index in [4.69, 9.17) is 9.47 Å². The summed E-state index contributed by atoms with van der Waals surface area (Å²) < 4.78 is 24.4. The zero-order chi connectivity index (χ0) is 14.0. The molecule has 3 atom stereocenters. The van der Waals surface area contributed by atoms with Crippen LogP contribution in [-0.2, 0) is 9.47 Å². The summed E-state index contributed by atoms with van der Waals surface area (Å²) in [6, 6.07) is 7.39. The van der Waals surface area contributed by atoms with E-state index in [1.807, 2.05) is 12.1 Å². The van der Waals surface area contributed by atoms with Crippen LogP contribution in [0.25, 0.3) is 0 Å². The Kier molecular flexibility index (Phi) is 4.06. The molecule has 3 rings (SSSR count). The third-order valence-corrected chi connectivity index (χ3v) is 4.42.